The molecule has 1 atom stereocenters. The lowest BCUT2D eigenvalue weighted by molar-refractivity contribution is -0.135. The van der Waals surface area contributed by atoms with Crippen LogP contribution in [0, 0.1) is 11.3 Å². The van der Waals surface area contributed by atoms with Gasteiger partial charge in [0.2, 0.25) is 5.91 Å². The van der Waals surface area contributed by atoms with Crippen molar-refractivity contribution in [2.75, 3.05) is 0 Å². The fourth-order valence-electron chi connectivity index (χ4n) is 1.62. The summed E-state index contributed by atoms with van der Waals surface area (Å²) in [5, 5.41) is 2.65. The maximum Gasteiger partial charge on any atom is 0.263 e. The van der Waals surface area contributed by atoms with Crippen molar-refractivity contribution in [2.45, 2.75) is 32.7 Å². The van der Waals surface area contributed by atoms with Crippen molar-refractivity contribution in [3.63, 3.8) is 0 Å². The third kappa shape index (κ3) is 1.47. The van der Waals surface area contributed by atoms with Gasteiger partial charge in [0.15, 0.2) is 0 Å². The highest BCUT2D eigenvalue weighted by Crippen LogP contribution is 2.48. The highest BCUT2D eigenvalue weighted by Gasteiger charge is 2.58. The van der Waals surface area contributed by atoms with E-state index < -0.39 is 5.41 Å². The lowest BCUT2D eigenvalue weighted by atomic mass is 9.99. The summed E-state index contributed by atoms with van der Waals surface area (Å²) in [6.07, 6.45) is 1.23. The number of hydrogen-bond acceptors (Lipinski definition) is 3. The monoisotopic (exact) mass is 209 g/mol. The predicted molar refractivity (Wildman–Crippen MR) is 55.1 cm³/mol. The molecule has 0 aromatic rings. The van der Waals surface area contributed by atoms with E-state index in [0.717, 1.165) is 0 Å². The zero-order valence-corrected chi connectivity index (χ0v) is 8.91. The van der Waals surface area contributed by atoms with Crippen LogP contribution in [0.2, 0.25) is 0 Å². The first-order valence-corrected chi connectivity index (χ1v) is 5.17. The molecule has 0 aromatic heterocycles. The van der Waals surface area contributed by atoms with Gasteiger partial charge in [-0.15, -0.1) is 0 Å². The van der Waals surface area contributed by atoms with Crippen LogP contribution in [0.15, 0.2) is 4.99 Å². The zero-order valence-electron chi connectivity index (χ0n) is 8.91. The van der Waals surface area contributed by atoms with Gasteiger partial charge in [0.05, 0.1) is 6.04 Å². The Balaban J connectivity index is 2.23. The maximum absolute atomic E-state index is 11.7. The number of amides is 2. The number of hydrogen-bond donors (Lipinski definition) is 2. The number of rotatable bonds is 2. The Bertz CT molecular complexity index is 356. The molecule has 0 radical (unpaired) electrons. The SMILES string of the molecule is CC(C)C(N)C1=NC(=O)C2(CC2)C(=O)N1. The van der Waals surface area contributed by atoms with Gasteiger partial charge in [-0.1, -0.05) is 13.8 Å². The second-order valence-electron chi connectivity index (χ2n) is 4.61. The van der Waals surface area contributed by atoms with E-state index in [4.69, 9.17) is 5.73 Å². The van der Waals surface area contributed by atoms with Gasteiger partial charge in [0.1, 0.15) is 11.3 Å². The molecule has 0 aromatic carbocycles. The number of carbonyl (C=O) groups is 2. The van der Waals surface area contributed by atoms with Gasteiger partial charge in [-0.2, -0.15) is 4.99 Å². The van der Waals surface area contributed by atoms with Crippen LogP contribution >= 0.6 is 0 Å². The van der Waals surface area contributed by atoms with E-state index >= 15 is 0 Å². The third-order valence-electron chi connectivity index (χ3n) is 3.09. The smallest absolute Gasteiger partial charge is 0.263 e. The van der Waals surface area contributed by atoms with Crippen molar-refractivity contribution in [1.82, 2.24) is 5.32 Å². The van der Waals surface area contributed by atoms with E-state index in [1.807, 2.05) is 13.8 Å². The molecule has 1 heterocycles. The predicted octanol–water partition coefficient (Wildman–Crippen LogP) is -0.195. The topological polar surface area (TPSA) is 84.5 Å². The third-order valence-corrected chi connectivity index (χ3v) is 3.09. The molecular formula is C10H15N3O2. The number of carbonyl (C=O) groups excluding carboxylic acids is 2. The average molecular weight is 209 g/mol. The Kier molecular flexibility index (Phi) is 2.15. The molecule has 5 nitrogen and oxygen atoms in total. The van der Waals surface area contributed by atoms with Gasteiger partial charge in [0, 0.05) is 0 Å². The Labute approximate surface area is 88.1 Å². The highest BCUT2D eigenvalue weighted by atomic mass is 16.2. The Morgan fingerprint density at radius 1 is 1.40 bits per heavy atom. The van der Waals surface area contributed by atoms with E-state index in [-0.39, 0.29) is 23.8 Å². The van der Waals surface area contributed by atoms with Crippen LogP contribution in [0.3, 0.4) is 0 Å². The van der Waals surface area contributed by atoms with Crippen molar-refractivity contribution < 1.29 is 9.59 Å². The standard InChI is InChI=1S/C10H15N3O2/c1-5(2)6(11)7-12-8(14)10(3-4-10)9(15)13-7/h5-6H,3-4,11H2,1-2H3,(H,12,13,14,15). The van der Waals surface area contributed by atoms with Crippen molar-refractivity contribution in [3.05, 3.63) is 0 Å². The molecule has 1 spiro atoms. The summed E-state index contributed by atoms with van der Waals surface area (Å²) in [5.74, 6) is -0.0893. The molecule has 1 aliphatic carbocycles. The lowest BCUT2D eigenvalue weighted by Crippen LogP contribution is -2.53. The summed E-state index contributed by atoms with van der Waals surface area (Å²) >= 11 is 0. The minimum absolute atomic E-state index is 0.144. The van der Waals surface area contributed by atoms with E-state index in [1.165, 1.54) is 0 Å². The minimum Gasteiger partial charge on any atom is -0.321 e. The highest BCUT2D eigenvalue weighted by molar-refractivity contribution is 6.21. The molecule has 0 saturated heterocycles. The van der Waals surface area contributed by atoms with Gasteiger partial charge in [-0.05, 0) is 18.8 Å². The second-order valence-corrected chi connectivity index (χ2v) is 4.61. The summed E-state index contributed by atoms with van der Waals surface area (Å²) in [5.41, 5.74) is 4.99. The molecule has 1 unspecified atom stereocenters. The molecule has 5 heteroatoms. The molecule has 1 aliphatic heterocycles. The molecule has 2 amide bonds. The number of nitrogens with one attached hydrogen (secondary N) is 1. The van der Waals surface area contributed by atoms with Gasteiger partial charge in [-0.3, -0.25) is 9.59 Å². The molecule has 15 heavy (non-hydrogen) atoms. The summed E-state index contributed by atoms with van der Waals surface area (Å²) < 4.78 is 0. The minimum atomic E-state index is -0.833. The van der Waals surface area contributed by atoms with Crippen LogP contribution in [-0.2, 0) is 9.59 Å². The number of amidine groups is 1. The van der Waals surface area contributed by atoms with Crippen LogP contribution in [0.1, 0.15) is 26.7 Å². The molecule has 3 N–H and O–H groups in total. The van der Waals surface area contributed by atoms with E-state index in [0.29, 0.717) is 18.7 Å². The summed E-state index contributed by atoms with van der Waals surface area (Å²) in [6.45, 7) is 3.84. The normalized spacial score (nSPS) is 25.2. The largest absolute Gasteiger partial charge is 0.321 e. The van der Waals surface area contributed by atoms with E-state index in [9.17, 15) is 9.59 Å². The quantitative estimate of drug-likeness (QED) is 0.618. The molecule has 0 bridgehead atoms. The lowest BCUT2D eigenvalue weighted by Gasteiger charge is -2.24. The Morgan fingerprint density at radius 2 is 2.00 bits per heavy atom. The fourth-order valence-corrected chi connectivity index (χ4v) is 1.62. The Hall–Kier alpha value is -1.23. The first-order valence-electron chi connectivity index (χ1n) is 5.17. The van der Waals surface area contributed by atoms with Gasteiger partial charge in [0.25, 0.3) is 5.91 Å². The molecule has 1 fully saturated rings. The summed E-state index contributed by atoms with van der Waals surface area (Å²) in [7, 11) is 0. The van der Waals surface area contributed by atoms with Crippen LogP contribution < -0.4 is 11.1 Å². The number of nitrogens with two attached hydrogens (primary N) is 1. The maximum atomic E-state index is 11.7. The second kappa shape index (κ2) is 3.13. The summed E-state index contributed by atoms with van der Waals surface area (Å²) in [6, 6.07) is -0.381. The molecule has 2 aliphatic rings. The van der Waals surface area contributed by atoms with Gasteiger partial charge in [-0.25, -0.2) is 0 Å². The van der Waals surface area contributed by atoms with E-state index in [2.05, 4.69) is 10.3 Å². The van der Waals surface area contributed by atoms with E-state index in [1.54, 1.807) is 0 Å². The van der Waals surface area contributed by atoms with Crippen molar-refractivity contribution in [2.24, 2.45) is 22.1 Å². The van der Waals surface area contributed by atoms with Crippen molar-refractivity contribution >= 4 is 17.6 Å². The summed E-state index contributed by atoms with van der Waals surface area (Å²) in [4.78, 5) is 27.2. The van der Waals surface area contributed by atoms with Crippen molar-refractivity contribution in [3.8, 4) is 0 Å². The van der Waals surface area contributed by atoms with Gasteiger partial charge < -0.3 is 11.1 Å². The van der Waals surface area contributed by atoms with Crippen LogP contribution in [0.5, 0.6) is 0 Å². The number of aliphatic imine (C=N–C) groups is 1. The first kappa shape index (κ1) is 10.3. The van der Waals surface area contributed by atoms with Gasteiger partial charge >= 0.3 is 0 Å². The van der Waals surface area contributed by atoms with Crippen LogP contribution in [0.4, 0.5) is 0 Å². The van der Waals surface area contributed by atoms with Crippen molar-refractivity contribution in [1.29, 1.82) is 0 Å². The van der Waals surface area contributed by atoms with Crippen LogP contribution in [0.25, 0.3) is 0 Å². The Morgan fingerprint density at radius 3 is 2.40 bits per heavy atom. The fraction of sp³-hybridized carbons (Fsp3) is 0.700. The average Bonchev–Trinajstić information content (AvgIpc) is 2.94. The number of nitrogens with zero attached hydrogens (tertiary/aromatic N) is 1. The molecule has 82 valence electrons. The zero-order chi connectivity index (χ0) is 11.2. The molecule has 2 rings (SSSR count). The first-order chi connectivity index (χ1) is 6.97. The van der Waals surface area contributed by atoms with Crippen LogP contribution in [-0.4, -0.2) is 23.7 Å². The molecular weight excluding hydrogens is 194 g/mol. The molecule has 1 saturated carbocycles.